The summed E-state index contributed by atoms with van der Waals surface area (Å²) in [4.78, 5) is 24.4. The lowest BCUT2D eigenvalue weighted by atomic mass is 10.1. The van der Waals surface area contributed by atoms with Gasteiger partial charge < -0.3 is 10.0 Å². The van der Waals surface area contributed by atoms with Crippen LogP contribution in [-0.2, 0) is 4.79 Å². The second kappa shape index (κ2) is 5.78. The fourth-order valence-corrected chi connectivity index (χ4v) is 2.00. The number of carbonyl (C=O) groups is 2. The molecule has 1 N–H and O–H groups in total. The lowest BCUT2D eigenvalue weighted by Gasteiger charge is -2.22. The van der Waals surface area contributed by atoms with Crippen molar-refractivity contribution in [2.45, 2.75) is 19.9 Å². The summed E-state index contributed by atoms with van der Waals surface area (Å²) >= 11 is 0. The van der Waals surface area contributed by atoms with Gasteiger partial charge in [0.05, 0.1) is 5.69 Å². The van der Waals surface area contributed by atoms with E-state index in [2.05, 4.69) is 5.10 Å². The van der Waals surface area contributed by atoms with Crippen molar-refractivity contribution in [2.24, 2.45) is 0 Å². The third-order valence-electron chi connectivity index (χ3n) is 3.45. The number of amides is 1. The molecule has 21 heavy (non-hydrogen) atoms. The van der Waals surface area contributed by atoms with Gasteiger partial charge in [-0.2, -0.15) is 5.10 Å². The number of hydrogen-bond acceptors (Lipinski definition) is 3. The van der Waals surface area contributed by atoms with Crippen LogP contribution in [0.5, 0.6) is 0 Å². The fraction of sp³-hybridized carbons (Fsp3) is 0.267. The molecule has 2 rings (SSSR count). The number of likely N-dealkylation sites (N-methyl/N-ethyl adjacent to an activating group) is 1. The van der Waals surface area contributed by atoms with E-state index in [1.54, 1.807) is 29.1 Å². The van der Waals surface area contributed by atoms with Crippen molar-refractivity contribution in [2.75, 3.05) is 7.05 Å². The van der Waals surface area contributed by atoms with E-state index in [4.69, 9.17) is 5.11 Å². The van der Waals surface area contributed by atoms with Gasteiger partial charge in [-0.3, -0.25) is 4.79 Å². The molecule has 1 atom stereocenters. The van der Waals surface area contributed by atoms with Crippen LogP contribution in [0.2, 0.25) is 0 Å². The molecule has 6 nitrogen and oxygen atoms in total. The Kier molecular flexibility index (Phi) is 4.07. The molecule has 1 aromatic carbocycles. The maximum Gasteiger partial charge on any atom is 0.326 e. The number of benzene rings is 1. The second-order valence-corrected chi connectivity index (χ2v) is 4.88. The van der Waals surface area contributed by atoms with Crippen molar-refractivity contribution in [3.63, 3.8) is 0 Å². The fourth-order valence-electron chi connectivity index (χ4n) is 2.00. The number of carbonyl (C=O) groups excluding carboxylic acids is 1. The first-order valence-corrected chi connectivity index (χ1v) is 6.52. The quantitative estimate of drug-likeness (QED) is 0.929. The Morgan fingerprint density at radius 3 is 2.62 bits per heavy atom. The number of nitrogens with zero attached hydrogens (tertiary/aromatic N) is 3. The molecule has 0 bridgehead atoms. The molecule has 0 aliphatic heterocycles. The number of aryl methyl sites for hydroxylation is 1. The molecule has 0 radical (unpaired) electrons. The smallest absolute Gasteiger partial charge is 0.326 e. The van der Waals surface area contributed by atoms with E-state index < -0.39 is 12.0 Å². The first kappa shape index (κ1) is 14.8. The van der Waals surface area contributed by atoms with Crippen molar-refractivity contribution < 1.29 is 14.7 Å². The predicted octanol–water partition coefficient (Wildman–Crippen LogP) is 1.73. The van der Waals surface area contributed by atoms with Gasteiger partial charge in [0.25, 0.3) is 5.91 Å². The number of carboxylic acid groups (broad SMARTS) is 1. The van der Waals surface area contributed by atoms with E-state index in [1.807, 2.05) is 19.2 Å². The molecule has 0 saturated carbocycles. The van der Waals surface area contributed by atoms with Crippen LogP contribution in [0.1, 0.15) is 22.8 Å². The summed E-state index contributed by atoms with van der Waals surface area (Å²) in [6.07, 6.45) is 3.50. The highest BCUT2D eigenvalue weighted by molar-refractivity contribution is 5.96. The van der Waals surface area contributed by atoms with Crippen LogP contribution in [0.3, 0.4) is 0 Å². The Bertz CT molecular complexity index is 665. The summed E-state index contributed by atoms with van der Waals surface area (Å²) in [6, 6.07) is 6.17. The highest BCUT2D eigenvalue weighted by Gasteiger charge is 2.23. The lowest BCUT2D eigenvalue weighted by molar-refractivity contribution is -0.141. The van der Waals surface area contributed by atoms with Crippen LogP contribution < -0.4 is 0 Å². The monoisotopic (exact) mass is 287 g/mol. The Labute approximate surface area is 122 Å². The van der Waals surface area contributed by atoms with Crippen molar-refractivity contribution in [3.05, 3.63) is 47.8 Å². The summed E-state index contributed by atoms with van der Waals surface area (Å²) < 4.78 is 1.72. The van der Waals surface area contributed by atoms with Gasteiger partial charge in [-0.05, 0) is 43.7 Å². The van der Waals surface area contributed by atoms with E-state index in [9.17, 15) is 9.59 Å². The molecule has 110 valence electrons. The minimum atomic E-state index is -1.03. The molecule has 1 unspecified atom stereocenters. The average molecular weight is 287 g/mol. The minimum Gasteiger partial charge on any atom is -0.480 e. The Balaban J connectivity index is 2.28. The molecule has 1 heterocycles. The van der Waals surface area contributed by atoms with Gasteiger partial charge in [0.15, 0.2) is 0 Å². The Morgan fingerprint density at radius 1 is 1.38 bits per heavy atom. The molecule has 0 aliphatic carbocycles. The number of aliphatic carboxylic acids is 1. The maximum atomic E-state index is 12.3. The van der Waals surface area contributed by atoms with E-state index in [0.717, 1.165) is 11.3 Å². The zero-order valence-electron chi connectivity index (χ0n) is 12.1. The molecular weight excluding hydrogens is 270 g/mol. The van der Waals surface area contributed by atoms with Gasteiger partial charge in [0.2, 0.25) is 0 Å². The number of rotatable bonds is 4. The minimum absolute atomic E-state index is 0.319. The molecule has 0 fully saturated rings. The molecule has 1 amide bonds. The summed E-state index contributed by atoms with van der Waals surface area (Å²) in [5.74, 6) is -1.35. The third-order valence-corrected chi connectivity index (χ3v) is 3.45. The maximum absolute atomic E-state index is 12.3. The van der Waals surface area contributed by atoms with E-state index >= 15 is 0 Å². The molecule has 0 aliphatic rings. The van der Waals surface area contributed by atoms with Crippen molar-refractivity contribution >= 4 is 11.9 Å². The molecule has 6 heteroatoms. The summed E-state index contributed by atoms with van der Waals surface area (Å²) in [5, 5.41) is 13.1. The van der Waals surface area contributed by atoms with Crippen LogP contribution in [-0.4, -0.2) is 44.8 Å². The lowest BCUT2D eigenvalue weighted by Crippen LogP contribution is -2.40. The summed E-state index contributed by atoms with van der Waals surface area (Å²) in [7, 11) is 1.48. The molecule has 0 saturated heterocycles. The van der Waals surface area contributed by atoms with Gasteiger partial charge in [-0.15, -0.1) is 0 Å². The average Bonchev–Trinajstić information content (AvgIpc) is 2.98. The molecule has 2 aromatic rings. The summed E-state index contributed by atoms with van der Waals surface area (Å²) in [6.45, 7) is 3.36. The second-order valence-electron chi connectivity index (χ2n) is 4.88. The largest absolute Gasteiger partial charge is 0.480 e. The van der Waals surface area contributed by atoms with Gasteiger partial charge in [-0.25, -0.2) is 9.48 Å². The van der Waals surface area contributed by atoms with E-state index in [1.165, 1.54) is 18.9 Å². The SMILES string of the molecule is Cc1cc(C(=O)N(C)C(C)C(=O)O)ccc1-n1cccn1. The van der Waals surface area contributed by atoms with Crippen molar-refractivity contribution in [1.82, 2.24) is 14.7 Å². The zero-order chi connectivity index (χ0) is 15.6. The van der Waals surface area contributed by atoms with E-state index in [-0.39, 0.29) is 5.91 Å². The van der Waals surface area contributed by atoms with Gasteiger partial charge >= 0.3 is 5.97 Å². The zero-order valence-corrected chi connectivity index (χ0v) is 12.1. The summed E-state index contributed by atoms with van der Waals surface area (Å²) in [5.41, 5.74) is 2.23. The standard InChI is InChI=1S/C15H17N3O3/c1-10-9-12(14(19)17(3)11(2)15(20)21)5-6-13(10)18-8-4-7-16-18/h4-9,11H,1-3H3,(H,20,21). The number of carboxylic acids is 1. The Hall–Kier alpha value is -2.63. The molecule has 1 aromatic heterocycles. The van der Waals surface area contributed by atoms with E-state index in [0.29, 0.717) is 5.56 Å². The van der Waals surface area contributed by atoms with Crippen LogP contribution in [0, 0.1) is 6.92 Å². The first-order valence-electron chi connectivity index (χ1n) is 6.52. The highest BCUT2D eigenvalue weighted by Crippen LogP contribution is 2.16. The number of hydrogen-bond donors (Lipinski definition) is 1. The van der Waals surface area contributed by atoms with Crippen LogP contribution in [0.25, 0.3) is 5.69 Å². The normalized spacial score (nSPS) is 12.0. The Morgan fingerprint density at radius 2 is 2.10 bits per heavy atom. The topological polar surface area (TPSA) is 75.4 Å². The van der Waals surface area contributed by atoms with Gasteiger partial charge in [0.1, 0.15) is 6.04 Å². The molecule has 0 spiro atoms. The van der Waals surface area contributed by atoms with Crippen molar-refractivity contribution in [1.29, 1.82) is 0 Å². The van der Waals surface area contributed by atoms with Gasteiger partial charge in [-0.1, -0.05) is 0 Å². The first-order chi connectivity index (χ1) is 9.91. The van der Waals surface area contributed by atoms with Crippen LogP contribution in [0.4, 0.5) is 0 Å². The third kappa shape index (κ3) is 2.94. The van der Waals surface area contributed by atoms with Crippen molar-refractivity contribution in [3.8, 4) is 5.69 Å². The molecular formula is C15H17N3O3. The van der Waals surface area contributed by atoms with Gasteiger partial charge in [0, 0.05) is 25.0 Å². The van der Waals surface area contributed by atoms with Crippen LogP contribution >= 0.6 is 0 Å². The highest BCUT2D eigenvalue weighted by atomic mass is 16.4. The van der Waals surface area contributed by atoms with Crippen LogP contribution in [0.15, 0.2) is 36.7 Å². The predicted molar refractivity (Wildman–Crippen MR) is 77.5 cm³/mol. The number of aromatic nitrogens is 2.